The summed E-state index contributed by atoms with van der Waals surface area (Å²) >= 11 is 0. The van der Waals surface area contributed by atoms with Gasteiger partial charge in [0.2, 0.25) is 0 Å². The Hall–Kier alpha value is -1.28. The average molecular weight is 205 g/mol. The molecule has 0 radical (unpaired) electrons. The molecule has 0 spiro atoms. The van der Waals surface area contributed by atoms with Gasteiger partial charge in [0.1, 0.15) is 0 Å². The monoisotopic (exact) mass is 205 g/mol. The smallest absolute Gasteiger partial charge is 0.0781 e. The maximum absolute atomic E-state index is 9.64. The molecule has 0 aliphatic rings. The van der Waals surface area contributed by atoms with Crippen molar-refractivity contribution in [3.63, 3.8) is 0 Å². The Morgan fingerprint density at radius 2 is 2.07 bits per heavy atom. The van der Waals surface area contributed by atoms with E-state index >= 15 is 0 Å². The standard InChI is InChI=1S/C13H19NO/c1-10(2)9-14(4)13-8-6-5-7-12(13)11(3)15/h5-8,11,15H,1,9H2,2-4H3. The van der Waals surface area contributed by atoms with Crippen molar-refractivity contribution >= 4 is 5.69 Å². The van der Waals surface area contributed by atoms with Crippen LogP contribution in [0.2, 0.25) is 0 Å². The zero-order valence-corrected chi connectivity index (χ0v) is 9.70. The van der Waals surface area contributed by atoms with Crippen LogP contribution in [0.5, 0.6) is 0 Å². The zero-order valence-electron chi connectivity index (χ0n) is 9.70. The van der Waals surface area contributed by atoms with Crippen LogP contribution in [-0.2, 0) is 0 Å². The van der Waals surface area contributed by atoms with E-state index in [0.717, 1.165) is 23.4 Å². The lowest BCUT2D eigenvalue weighted by Gasteiger charge is -2.23. The third kappa shape index (κ3) is 3.10. The van der Waals surface area contributed by atoms with Crippen molar-refractivity contribution in [1.29, 1.82) is 0 Å². The topological polar surface area (TPSA) is 23.5 Å². The Bertz CT molecular complexity index is 344. The largest absolute Gasteiger partial charge is 0.389 e. The molecule has 0 bridgehead atoms. The Kier molecular flexibility index (Phi) is 3.92. The molecule has 0 fully saturated rings. The van der Waals surface area contributed by atoms with E-state index in [1.165, 1.54) is 0 Å². The number of hydrogen-bond acceptors (Lipinski definition) is 2. The number of hydrogen-bond donors (Lipinski definition) is 1. The van der Waals surface area contributed by atoms with E-state index in [0.29, 0.717) is 0 Å². The number of aliphatic hydroxyl groups excluding tert-OH is 1. The molecule has 0 aliphatic heterocycles. The van der Waals surface area contributed by atoms with E-state index in [4.69, 9.17) is 0 Å². The van der Waals surface area contributed by atoms with Crippen LogP contribution < -0.4 is 4.90 Å². The summed E-state index contributed by atoms with van der Waals surface area (Å²) in [6.45, 7) is 8.49. The van der Waals surface area contributed by atoms with E-state index in [-0.39, 0.29) is 0 Å². The summed E-state index contributed by atoms with van der Waals surface area (Å²) in [4.78, 5) is 2.10. The Balaban J connectivity index is 2.97. The van der Waals surface area contributed by atoms with Gasteiger partial charge in [0.05, 0.1) is 6.10 Å². The Labute approximate surface area is 91.9 Å². The molecule has 1 atom stereocenters. The molecule has 2 nitrogen and oxygen atoms in total. The van der Waals surface area contributed by atoms with Gasteiger partial charge in [-0.15, -0.1) is 0 Å². The van der Waals surface area contributed by atoms with Crippen molar-refractivity contribution in [3.8, 4) is 0 Å². The second-order valence-electron chi connectivity index (χ2n) is 4.05. The lowest BCUT2D eigenvalue weighted by molar-refractivity contribution is 0.199. The van der Waals surface area contributed by atoms with Crippen molar-refractivity contribution < 1.29 is 5.11 Å². The summed E-state index contributed by atoms with van der Waals surface area (Å²) in [7, 11) is 2.01. The lowest BCUT2D eigenvalue weighted by Crippen LogP contribution is -2.20. The van der Waals surface area contributed by atoms with Gasteiger partial charge in [-0.1, -0.05) is 30.4 Å². The number of nitrogens with zero attached hydrogens (tertiary/aromatic N) is 1. The van der Waals surface area contributed by atoms with Gasteiger partial charge >= 0.3 is 0 Å². The maximum atomic E-state index is 9.64. The van der Waals surface area contributed by atoms with Crippen LogP contribution >= 0.6 is 0 Å². The maximum Gasteiger partial charge on any atom is 0.0781 e. The molecule has 0 amide bonds. The van der Waals surface area contributed by atoms with Gasteiger partial charge in [0, 0.05) is 24.8 Å². The highest BCUT2D eigenvalue weighted by atomic mass is 16.3. The van der Waals surface area contributed by atoms with Crippen LogP contribution in [0.25, 0.3) is 0 Å². The SMILES string of the molecule is C=C(C)CN(C)c1ccccc1C(C)O. The molecule has 1 N–H and O–H groups in total. The van der Waals surface area contributed by atoms with E-state index in [2.05, 4.69) is 11.5 Å². The summed E-state index contributed by atoms with van der Waals surface area (Å²) < 4.78 is 0. The van der Waals surface area contributed by atoms with Crippen molar-refractivity contribution in [2.24, 2.45) is 0 Å². The molecule has 1 unspecified atom stereocenters. The molecule has 2 heteroatoms. The molecule has 0 saturated heterocycles. The van der Waals surface area contributed by atoms with Crippen LogP contribution in [0.4, 0.5) is 5.69 Å². The highest BCUT2D eigenvalue weighted by Gasteiger charge is 2.10. The number of aliphatic hydroxyl groups is 1. The molecule has 0 aliphatic carbocycles. The van der Waals surface area contributed by atoms with Crippen LogP contribution in [-0.4, -0.2) is 18.7 Å². The van der Waals surface area contributed by atoms with Crippen LogP contribution in [0, 0.1) is 0 Å². The van der Waals surface area contributed by atoms with E-state index < -0.39 is 6.10 Å². The third-order valence-electron chi connectivity index (χ3n) is 2.31. The number of rotatable bonds is 4. The first-order valence-corrected chi connectivity index (χ1v) is 5.15. The lowest BCUT2D eigenvalue weighted by atomic mass is 10.1. The molecule has 82 valence electrons. The fourth-order valence-corrected chi connectivity index (χ4v) is 1.68. The van der Waals surface area contributed by atoms with E-state index in [1.807, 2.05) is 38.2 Å². The molecule has 1 aromatic rings. The van der Waals surface area contributed by atoms with Crippen molar-refractivity contribution in [1.82, 2.24) is 0 Å². The molecule has 15 heavy (non-hydrogen) atoms. The Morgan fingerprint density at radius 3 is 2.60 bits per heavy atom. The summed E-state index contributed by atoms with van der Waals surface area (Å²) in [6, 6.07) is 7.90. The summed E-state index contributed by atoms with van der Waals surface area (Å²) in [5.41, 5.74) is 3.13. The molecule has 0 heterocycles. The molecule has 0 aromatic heterocycles. The molecule has 0 saturated carbocycles. The third-order valence-corrected chi connectivity index (χ3v) is 2.31. The molecular weight excluding hydrogens is 186 g/mol. The first kappa shape index (κ1) is 11.8. The minimum absolute atomic E-state index is 0.436. The van der Waals surface area contributed by atoms with Crippen molar-refractivity contribution in [3.05, 3.63) is 42.0 Å². The highest BCUT2D eigenvalue weighted by molar-refractivity contribution is 5.54. The second kappa shape index (κ2) is 4.99. The number of benzene rings is 1. The summed E-state index contributed by atoms with van der Waals surface area (Å²) in [5, 5.41) is 9.64. The van der Waals surface area contributed by atoms with E-state index in [9.17, 15) is 5.11 Å². The molecule has 1 aromatic carbocycles. The normalized spacial score (nSPS) is 12.3. The summed E-state index contributed by atoms with van der Waals surface area (Å²) in [5.74, 6) is 0. The fraction of sp³-hybridized carbons (Fsp3) is 0.385. The van der Waals surface area contributed by atoms with Crippen molar-refractivity contribution in [2.45, 2.75) is 20.0 Å². The van der Waals surface area contributed by atoms with Gasteiger partial charge in [-0.2, -0.15) is 0 Å². The first-order valence-electron chi connectivity index (χ1n) is 5.15. The van der Waals surface area contributed by atoms with Gasteiger partial charge in [-0.05, 0) is 19.9 Å². The van der Waals surface area contributed by atoms with Gasteiger partial charge < -0.3 is 10.0 Å². The van der Waals surface area contributed by atoms with Gasteiger partial charge in [-0.3, -0.25) is 0 Å². The van der Waals surface area contributed by atoms with Crippen LogP contribution in [0.3, 0.4) is 0 Å². The fourth-order valence-electron chi connectivity index (χ4n) is 1.68. The molecular formula is C13H19NO. The first-order chi connectivity index (χ1) is 7.02. The minimum Gasteiger partial charge on any atom is -0.389 e. The van der Waals surface area contributed by atoms with Crippen LogP contribution in [0.1, 0.15) is 25.5 Å². The summed E-state index contributed by atoms with van der Waals surface area (Å²) in [6.07, 6.45) is -0.436. The number of anilines is 1. The highest BCUT2D eigenvalue weighted by Crippen LogP contribution is 2.25. The quantitative estimate of drug-likeness (QED) is 0.764. The van der Waals surface area contributed by atoms with Crippen LogP contribution in [0.15, 0.2) is 36.4 Å². The van der Waals surface area contributed by atoms with Gasteiger partial charge in [0.15, 0.2) is 0 Å². The number of para-hydroxylation sites is 1. The average Bonchev–Trinajstić information content (AvgIpc) is 2.16. The van der Waals surface area contributed by atoms with Gasteiger partial charge in [0.25, 0.3) is 0 Å². The Morgan fingerprint density at radius 1 is 1.47 bits per heavy atom. The second-order valence-corrected chi connectivity index (χ2v) is 4.05. The zero-order chi connectivity index (χ0) is 11.4. The van der Waals surface area contributed by atoms with Gasteiger partial charge in [-0.25, -0.2) is 0 Å². The predicted octanol–water partition coefficient (Wildman–Crippen LogP) is 2.75. The molecule has 1 rings (SSSR count). The van der Waals surface area contributed by atoms with Crippen molar-refractivity contribution in [2.75, 3.05) is 18.5 Å². The predicted molar refractivity (Wildman–Crippen MR) is 65.2 cm³/mol. The minimum atomic E-state index is -0.436. The van der Waals surface area contributed by atoms with E-state index in [1.54, 1.807) is 6.92 Å². The number of likely N-dealkylation sites (N-methyl/N-ethyl adjacent to an activating group) is 1.